The summed E-state index contributed by atoms with van der Waals surface area (Å²) in [5.41, 5.74) is -1.31. The topological polar surface area (TPSA) is 93.4 Å². The van der Waals surface area contributed by atoms with Gasteiger partial charge in [0.2, 0.25) is 10.0 Å². The van der Waals surface area contributed by atoms with Crippen LogP contribution in [0.2, 0.25) is 0 Å². The number of aryl methyl sites for hydroxylation is 1. The van der Waals surface area contributed by atoms with Crippen molar-refractivity contribution in [2.24, 2.45) is 25.9 Å². The lowest BCUT2D eigenvalue weighted by molar-refractivity contribution is 0.227. The Balaban J connectivity index is 0.00000192. The lowest BCUT2D eigenvalue weighted by Crippen LogP contribution is -2.47. The highest BCUT2D eigenvalue weighted by Gasteiger charge is 2.39. The van der Waals surface area contributed by atoms with E-state index in [2.05, 4.69) is 5.32 Å². The van der Waals surface area contributed by atoms with Gasteiger partial charge in [-0.25, -0.2) is 13.2 Å². The Morgan fingerprint density at radius 1 is 1.17 bits per heavy atom. The third kappa shape index (κ3) is 2.98. The van der Waals surface area contributed by atoms with E-state index in [1.807, 2.05) is 0 Å². The molecule has 23 heavy (non-hydrogen) atoms. The van der Waals surface area contributed by atoms with Crippen molar-refractivity contribution in [3.63, 3.8) is 0 Å². The molecular formula is C13H21ClN4O4S. The van der Waals surface area contributed by atoms with E-state index in [0.29, 0.717) is 24.9 Å². The molecule has 0 bridgehead atoms. The van der Waals surface area contributed by atoms with Crippen molar-refractivity contribution in [1.82, 2.24) is 18.8 Å². The van der Waals surface area contributed by atoms with E-state index in [1.165, 1.54) is 18.4 Å². The highest BCUT2D eigenvalue weighted by Crippen LogP contribution is 2.29. The molecule has 0 amide bonds. The third-order valence-electron chi connectivity index (χ3n) is 4.70. The predicted octanol–water partition coefficient (Wildman–Crippen LogP) is -1.26. The molecule has 1 aromatic heterocycles. The first-order chi connectivity index (χ1) is 10.3. The molecule has 2 aliphatic heterocycles. The van der Waals surface area contributed by atoms with Crippen LogP contribution in [0.5, 0.6) is 0 Å². The van der Waals surface area contributed by atoms with E-state index in [4.69, 9.17) is 0 Å². The minimum Gasteiger partial charge on any atom is -0.316 e. The number of rotatable bonds is 2. The minimum atomic E-state index is -3.88. The minimum absolute atomic E-state index is 0. The Hall–Kier alpha value is -1.16. The molecule has 130 valence electrons. The monoisotopic (exact) mass is 364 g/mol. The van der Waals surface area contributed by atoms with Crippen molar-refractivity contribution < 1.29 is 8.42 Å². The predicted molar refractivity (Wildman–Crippen MR) is 87.4 cm³/mol. The van der Waals surface area contributed by atoms with Crippen LogP contribution in [-0.2, 0) is 24.1 Å². The highest BCUT2D eigenvalue weighted by atomic mass is 35.5. The maximum absolute atomic E-state index is 12.8. The molecule has 10 heteroatoms. The molecule has 0 saturated carbocycles. The number of piperidine rings is 1. The van der Waals surface area contributed by atoms with Crippen LogP contribution >= 0.6 is 12.4 Å². The molecule has 3 heterocycles. The second-order valence-corrected chi connectivity index (χ2v) is 7.99. The number of sulfonamides is 1. The summed E-state index contributed by atoms with van der Waals surface area (Å²) in [6, 6.07) is 0. The van der Waals surface area contributed by atoms with Crippen LogP contribution in [0.15, 0.2) is 20.7 Å². The molecule has 2 aliphatic rings. The molecule has 1 N–H and O–H groups in total. The van der Waals surface area contributed by atoms with Gasteiger partial charge in [0.1, 0.15) is 0 Å². The summed E-state index contributed by atoms with van der Waals surface area (Å²) in [5.74, 6) is 0.800. The molecule has 1 aromatic rings. The quantitative estimate of drug-likeness (QED) is 0.706. The lowest BCUT2D eigenvalue weighted by Gasteiger charge is -2.33. The van der Waals surface area contributed by atoms with Gasteiger partial charge in [-0.1, -0.05) is 0 Å². The largest absolute Gasteiger partial charge is 0.330 e. The summed E-state index contributed by atoms with van der Waals surface area (Å²) in [5, 5.41) is 3.28. The Morgan fingerprint density at radius 3 is 2.52 bits per heavy atom. The molecule has 0 radical (unpaired) electrons. The van der Waals surface area contributed by atoms with Crippen LogP contribution < -0.4 is 16.6 Å². The van der Waals surface area contributed by atoms with Gasteiger partial charge < -0.3 is 9.88 Å². The average molecular weight is 365 g/mol. The van der Waals surface area contributed by atoms with Crippen molar-refractivity contribution in [2.45, 2.75) is 11.3 Å². The number of aromatic nitrogens is 2. The lowest BCUT2D eigenvalue weighted by atomic mass is 9.90. The van der Waals surface area contributed by atoms with Crippen molar-refractivity contribution >= 4 is 22.4 Å². The fraction of sp³-hybridized carbons (Fsp3) is 0.692. The van der Waals surface area contributed by atoms with Crippen molar-refractivity contribution in [1.29, 1.82) is 0 Å². The average Bonchev–Trinajstić information content (AvgIpc) is 2.96. The molecule has 0 spiro atoms. The Labute approximate surface area is 140 Å². The van der Waals surface area contributed by atoms with E-state index in [9.17, 15) is 18.0 Å². The Bertz CT molecular complexity index is 816. The smallest absolute Gasteiger partial charge is 0.316 e. The van der Waals surface area contributed by atoms with Crippen molar-refractivity contribution in [3.8, 4) is 0 Å². The first-order valence-corrected chi connectivity index (χ1v) is 8.74. The molecule has 3 rings (SSSR count). The summed E-state index contributed by atoms with van der Waals surface area (Å²) in [6.45, 7) is 2.57. The fourth-order valence-electron chi connectivity index (χ4n) is 3.31. The number of nitrogens with one attached hydrogen (secondary N) is 1. The summed E-state index contributed by atoms with van der Waals surface area (Å²) < 4.78 is 28.9. The zero-order chi connectivity index (χ0) is 16.1. The molecule has 2 saturated heterocycles. The first kappa shape index (κ1) is 18.2. The third-order valence-corrected chi connectivity index (χ3v) is 6.55. The maximum atomic E-state index is 12.8. The maximum Gasteiger partial charge on any atom is 0.330 e. The van der Waals surface area contributed by atoms with Gasteiger partial charge in [-0.15, -0.1) is 12.4 Å². The van der Waals surface area contributed by atoms with Crippen LogP contribution in [-0.4, -0.2) is 48.0 Å². The fourth-order valence-corrected chi connectivity index (χ4v) is 4.97. The summed E-state index contributed by atoms with van der Waals surface area (Å²) >= 11 is 0. The zero-order valence-corrected chi connectivity index (χ0v) is 14.7. The van der Waals surface area contributed by atoms with Gasteiger partial charge in [0.25, 0.3) is 5.56 Å². The highest BCUT2D eigenvalue weighted by molar-refractivity contribution is 7.89. The van der Waals surface area contributed by atoms with Gasteiger partial charge >= 0.3 is 5.69 Å². The van der Waals surface area contributed by atoms with Crippen LogP contribution in [0.3, 0.4) is 0 Å². The second kappa shape index (κ2) is 6.39. The molecule has 2 fully saturated rings. The van der Waals surface area contributed by atoms with Gasteiger partial charge in [0.15, 0.2) is 4.90 Å². The summed E-state index contributed by atoms with van der Waals surface area (Å²) in [7, 11) is -1.15. The standard InChI is InChI=1S/C13H20N4O4S.ClH/c1-15-8-11(12(18)16(2)13(15)19)22(20,21)17-4-3-9-5-14-6-10(9)7-17;/h8-10,14H,3-7H2,1-2H3;1H. The number of halogens is 1. The van der Waals surface area contributed by atoms with Gasteiger partial charge in [-0.3, -0.25) is 9.36 Å². The van der Waals surface area contributed by atoms with Gasteiger partial charge in [0, 0.05) is 33.4 Å². The van der Waals surface area contributed by atoms with Gasteiger partial charge in [-0.05, 0) is 31.3 Å². The van der Waals surface area contributed by atoms with Crippen LogP contribution in [0.4, 0.5) is 0 Å². The molecule has 0 aromatic carbocycles. The van der Waals surface area contributed by atoms with E-state index >= 15 is 0 Å². The van der Waals surface area contributed by atoms with Crippen LogP contribution in [0.1, 0.15) is 6.42 Å². The van der Waals surface area contributed by atoms with Crippen molar-refractivity contribution in [3.05, 3.63) is 27.0 Å². The molecule has 0 aliphatic carbocycles. The number of hydrogen-bond acceptors (Lipinski definition) is 5. The number of nitrogens with zero attached hydrogens (tertiary/aromatic N) is 3. The molecule has 8 nitrogen and oxygen atoms in total. The molecule has 2 unspecified atom stereocenters. The SMILES string of the molecule is Cl.Cn1cc(S(=O)(=O)N2CCC3CNCC3C2)c(=O)n(C)c1=O. The van der Waals surface area contributed by atoms with Crippen LogP contribution in [0, 0.1) is 11.8 Å². The number of fused-ring (bicyclic) bond motifs is 1. The summed E-state index contributed by atoms with van der Waals surface area (Å²) in [4.78, 5) is 23.6. The van der Waals surface area contributed by atoms with Gasteiger partial charge in [-0.2, -0.15) is 4.31 Å². The Morgan fingerprint density at radius 2 is 1.83 bits per heavy atom. The number of hydrogen-bond donors (Lipinski definition) is 1. The van der Waals surface area contributed by atoms with Crippen LogP contribution in [0.25, 0.3) is 0 Å². The van der Waals surface area contributed by atoms with Crippen molar-refractivity contribution in [2.75, 3.05) is 26.2 Å². The second-order valence-electron chi connectivity index (χ2n) is 6.08. The molecule has 2 atom stereocenters. The normalized spacial score (nSPS) is 25.0. The molecular weight excluding hydrogens is 344 g/mol. The first-order valence-electron chi connectivity index (χ1n) is 7.30. The Kier molecular flexibility index (Phi) is 5.05. The van der Waals surface area contributed by atoms with E-state index in [-0.39, 0.29) is 17.3 Å². The summed E-state index contributed by atoms with van der Waals surface area (Å²) in [6.07, 6.45) is 1.92. The van der Waals surface area contributed by atoms with Gasteiger partial charge in [0.05, 0.1) is 0 Å². The van der Waals surface area contributed by atoms with E-state index in [0.717, 1.165) is 34.8 Å². The van der Waals surface area contributed by atoms with E-state index < -0.39 is 21.3 Å². The zero-order valence-electron chi connectivity index (χ0n) is 13.1. The van der Waals surface area contributed by atoms with E-state index in [1.54, 1.807) is 0 Å².